The van der Waals surface area contributed by atoms with Crippen LogP contribution in [0.1, 0.15) is 5.56 Å². The molecule has 1 atom stereocenters. The molecule has 9 heavy (non-hydrogen) atoms. The predicted octanol–water partition coefficient (Wildman–Crippen LogP) is 1.40. The molecule has 3 heterocycles. The van der Waals surface area contributed by atoms with Gasteiger partial charge in [0.15, 0.2) is 5.75 Å². The first kappa shape index (κ1) is 4.17. The molecule has 46 valence electrons. The molecule has 3 rings (SSSR count). The molecular weight excluding hydrogens is 136 g/mol. The van der Waals surface area contributed by atoms with Gasteiger partial charge in [-0.3, -0.25) is 0 Å². The molecule has 1 unspecified atom stereocenters. The number of hydrogen-bond acceptors (Lipinski definition) is 3. The van der Waals surface area contributed by atoms with Crippen LogP contribution in [0.25, 0.3) is 0 Å². The van der Waals surface area contributed by atoms with E-state index in [-0.39, 0.29) is 6.29 Å². The van der Waals surface area contributed by atoms with E-state index >= 15 is 0 Å². The van der Waals surface area contributed by atoms with Crippen LogP contribution in [-0.2, 0) is 6.42 Å². The van der Waals surface area contributed by atoms with Crippen molar-refractivity contribution in [2.24, 2.45) is 0 Å². The molecule has 0 amide bonds. The lowest BCUT2D eigenvalue weighted by Crippen LogP contribution is -2.15. The van der Waals surface area contributed by atoms with Crippen molar-refractivity contribution in [1.29, 1.82) is 0 Å². The minimum atomic E-state index is 0.0243. The molecule has 0 aromatic carbocycles. The molecule has 0 fully saturated rings. The molecule has 1 aromatic heterocycles. The number of fused-ring (bicyclic) bond motifs is 1. The van der Waals surface area contributed by atoms with Gasteiger partial charge in [-0.2, -0.15) is 0 Å². The standard InChI is InChI=1S/C6H4O2S/c1-3-2-9-6-5(3)7-4(1)8-6/h2,4H,1H2. The first-order valence-electron chi connectivity index (χ1n) is 2.87. The van der Waals surface area contributed by atoms with E-state index in [9.17, 15) is 0 Å². The average Bonchev–Trinajstić information content (AvgIpc) is 2.35. The summed E-state index contributed by atoms with van der Waals surface area (Å²) >= 11 is 1.63. The second kappa shape index (κ2) is 1.09. The van der Waals surface area contributed by atoms with E-state index in [1.165, 1.54) is 5.56 Å². The maximum Gasteiger partial charge on any atom is 0.246 e. The van der Waals surface area contributed by atoms with E-state index in [0.717, 1.165) is 17.2 Å². The van der Waals surface area contributed by atoms with Crippen LogP contribution in [0.4, 0.5) is 0 Å². The molecule has 2 aliphatic rings. The molecule has 2 aliphatic heterocycles. The van der Waals surface area contributed by atoms with Gasteiger partial charge in [-0.15, -0.1) is 11.3 Å². The summed E-state index contributed by atoms with van der Waals surface area (Å²) in [7, 11) is 0. The van der Waals surface area contributed by atoms with Crippen molar-refractivity contribution in [2.75, 3.05) is 0 Å². The molecule has 0 N–H and O–H groups in total. The number of thiophene rings is 1. The van der Waals surface area contributed by atoms with Crippen molar-refractivity contribution < 1.29 is 9.47 Å². The summed E-state index contributed by atoms with van der Waals surface area (Å²) in [6.45, 7) is 0. The van der Waals surface area contributed by atoms with Gasteiger partial charge >= 0.3 is 0 Å². The van der Waals surface area contributed by atoms with Gasteiger partial charge in [-0.25, -0.2) is 0 Å². The maximum absolute atomic E-state index is 5.33. The van der Waals surface area contributed by atoms with E-state index in [0.29, 0.717) is 0 Å². The fraction of sp³-hybridized carbons (Fsp3) is 0.333. The Balaban J connectivity index is 2.44. The second-order valence-electron chi connectivity index (χ2n) is 2.25. The topological polar surface area (TPSA) is 18.5 Å². The van der Waals surface area contributed by atoms with Crippen molar-refractivity contribution >= 4 is 11.3 Å². The summed E-state index contributed by atoms with van der Waals surface area (Å²) < 4.78 is 10.6. The highest BCUT2D eigenvalue weighted by molar-refractivity contribution is 7.12. The molecule has 0 radical (unpaired) electrons. The lowest BCUT2D eigenvalue weighted by atomic mass is 10.2. The van der Waals surface area contributed by atoms with Crippen molar-refractivity contribution in [3.05, 3.63) is 10.9 Å². The van der Waals surface area contributed by atoms with E-state index in [2.05, 4.69) is 5.38 Å². The van der Waals surface area contributed by atoms with Crippen molar-refractivity contribution in [3.8, 4) is 10.8 Å². The molecule has 0 saturated carbocycles. The Morgan fingerprint density at radius 3 is 3.22 bits per heavy atom. The minimum absolute atomic E-state index is 0.0243. The lowest BCUT2D eigenvalue weighted by Gasteiger charge is -2.01. The van der Waals surface area contributed by atoms with Gasteiger partial charge in [0.05, 0.1) is 6.42 Å². The van der Waals surface area contributed by atoms with Crippen molar-refractivity contribution in [3.63, 3.8) is 0 Å². The van der Waals surface area contributed by atoms with E-state index in [1.54, 1.807) is 11.3 Å². The summed E-state index contributed by atoms with van der Waals surface area (Å²) in [6.07, 6.45) is 0.975. The molecular formula is C6H4O2S. The van der Waals surface area contributed by atoms with Crippen LogP contribution in [0.15, 0.2) is 5.38 Å². The van der Waals surface area contributed by atoms with Gasteiger partial charge < -0.3 is 9.47 Å². The molecule has 0 aliphatic carbocycles. The molecule has 2 nitrogen and oxygen atoms in total. The highest BCUT2D eigenvalue weighted by Gasteiger charge is 2.36. The van der Waals surface area contributed by atoms with Gasteiger partial charge in [0, 0.05) is 10.9 Å². The summed E-state index contributed by atoms with van der Waals surface area (Å²) in [4.78, 5) is 0. The summed E-state index contributed by atoms with van der Waals surface area (Å²) in [5.41, 5.74) is 1.33. The quantitative estimate of drug-likeness (QED) is 0.542. The fourth-order valence-electron chi connectivity index (χ4n) is 1.25. The Kier molecular flexibility index (Phi) is 0.505. The molecule has 2 bridgehead atoms. The largest absolute Gasteiger partial charge is 0.449 e. The third-order valence-electron chi connectivity index (χ3n) is 1.66. The molecule has 3 heteroatoms. The average molecular weight is 140 g/mol. The number of ether oxygens (including phenoxy) is 2. The third kappa shape index (κ3) is 0.347. The van der Waals surface area contributed by atoms with Gasteiger partial charge in [-0.1, -0.05) is 0 Å². The van der Waals surface area contributed by atoms with Gasteiger partial charge in [0.1, 0.15) is 0 Å². The van der Waals surface area contributed by atoms with Crippen molar-refractivity contribution in [1.82, 2.24) is 0 Å². The van der Waals surface area contributed by atoms with Crippen LogP contribution in [0, 0.1) is 0 Å². The van der Waals surface area contributed by atoms with E-state index < -0.39 is 0 Å². The van der Waals surface area contributed by atoms with Crippen LogP contribution < -0.4 is 9.47 Å². The Hall–Kier alpha value is -0.700. The van der Waals surface area contributed by atoms with Crippen LogP contribution >= 0.6 is 11.3 Å². The Morgan fingerprint density at radius 2 is 2.56 bits per heavy atom. The third-order valence-corrected chi connectivity index (χ3v) is 2.56. The smallest absolute Gasteiger partial charge is 0.246 e. The minimum Gasteiger partial charge on any atom is -0.449 e. The van der Waals surface area contributed by atoms with Gasteiger partial charge in [0.2, 0.25) is 11.4 Å². The first-order chi connectivity index (χ1) is 4.43. The summed E-state index contributed by atoms with van der Waals surface area (Å²) in [5, 5.41) is 3.08. The fourth-order valence-corrected chi connectivity index (χ4v) is 2.15. The van der Waals surface area contributed by atoms with Crippen LogP contribution in [0.5, 0.6) is 10.8 Å². The van der Waals surface area contributed by atoms with E-state index in [1.807, 2.05) is 0 Å². The van der Waals surface area contributed by atoms with Gasteiger partial charge in [0.25, 0.3) is 0 Å². The van der Waals surface area contributed by atoms with Crippen LogP contribution in [0.2, 0.25) is 0 Å². The van der Waals surface area contributed by atoms with E-state index in [4.69, 9.17) is 9.47 Å². The summed E-state index contributed by atoms with van der Waals surface area (Å²) in [5.74, 6) is 1.00. The second-order valence-corrected chi connectivity index (χ2v) is 3.09. The zero-order valence-corrected chi connectivity index (χ0v) is 5.40. The molecule has 0 saturated heterocycles. The normalized spacial score (nSPS) is 26.0. The lowest BCUT2D eigenvalue weighted by molar-refractivity contribution is 0.0679. The maximum atomic E-state index is 5.33. The highest BCUT2D eigenvalue weighted by Crippen LogP contribution is 2.49. The first-order valence-corrected chi connectivity index (χ1v) is 3.75. The predicted molar refractivity (Wildman–Crippen MR) is 33.1 cm³/mol. The zero-order valence-electron chi connectivity index (χ0n) is 4.59. The Morgan fingerprint density at radius 1 is 1.56 bits per heavy atom. The SMILES string of the molecule is c1sc2c3c1CC(O2)O3. The molecule has 0 spiro atoms. The van der Waals surface area contributed by atoms with Crippen LogP contribution in [-0.4, -0.2) is 6.29 Å². The Bertz CT molecular complexity index is 240. The molecule has 1 aromatic rings. The zero-order chi connectivity index (χ0) is 5.84. The Labute approximate surface area is 56.0 Å². The summed E-state index contributed by atoms with van der Waals surface area (Å²) in [6, 6.07) is 0. The van der Waals surface area contributed by atoms with Gasteiger partial charge in [-0.05, 0) is 0 Å². The van der Waals surface area contributed by atoms with Crippen molar-refractivity contribution in [2.45, 2.75) is 12.7 Å². The van der Waals surface area contributed by atoms with Crippen LogP contribution in [0.3, 0.4) is 0 Å². The number of hydrogen-bond donors (Lipinski definition) is 0. The highest BCUT2D eigenvalue weighted by atomic mass is 32.1. The number of rotatable bonds is 0. The monoisotopic (exact) mass is 140 g/mol.